The van der Waals surface area contributed by atoms with Crippen LogP contribution in [-0.4, -0.2) is 41.7 Å². The Kier molecular flexibility index (Phi) is 3.46. The molecule has 0 radical (unpaired) electrons. The van der Waals surface area contributed by atoms with Crippen LogP contribution in [0.15, 0.2) is 0 Å². The number of hydrogen-bond acceptors (Lipinski definition) is 2. The van der Waals surface area contributed by atoms with E-state index >= 15 is 0 Å². The van der Waals surface area contributed by atoms with E-state index in [1.807, 2.05) is 0 Å². The van der Waals surface area contributed by atoms with Crippen molar-refractivity contribution in [1.29, 1.82) is 0 Å². The second kappa shape index (κ2) is 4.66. The Morgan fingerprint density at radius 2 is 1.87 bits per heavy atom. The zero-order valence-corrected chi connectivity index (χ0v) is 10.4. The molecule has 0 aromatic heterocycles. The van der Waals surface area contributed by atoms with Gasteiger partial charge < -0.3 is 15.5 Å². The van der Waals surface area contributed by atoms with Gasteiger partial charge in [0, 0.05) is 24.7 Å². The minimum Gasteiger partial charge on any atom is -0.360 e. The third kappa shape index (κ3) is 3.31. The van der Waals surface area contributed by atoms with Crippen LogP contribution in [0.5, 0.6) is 0 Å². The standard InChI is InChI=1S/C11H21N3S/c1-8-7-10(5-6-14(8)2)13-11(15)12-9-3-4-9/h8-10H,3-7H2,1-2H3,(H2,12,13,15). The fraction of sp³-hybridized carbons (Fsp3) is 0.909. The first-order chi connectivity index (χ1) is 7.15. The van der Waals surface area contributed by atoms with Gasteiger partial charge in [0.05, 0.1) is 0 Å². The van der Waals surface area contributed by atoms with Crippen LogP contribution in [0.4, 0.5) is 0 Å². The molecule has 0 bridgehead atoms. The van der Waals surface area contributed by atoms with E-state index in [4.69, 9.17) is 12.2 Å². The lowest BCUT2D eigenvalue weighted by Gasteiger charge is -2.35. The molecule has 86 valence electrons. The summed E-state index contributed by atoms with van der Waals surface area (Å²) in [5.74, 6) is 0. The average Bonchev–Trinajstić information content (AvgIpc) is 2.95. The monoisotopic (exact) mass is 227 g/mol. The van der Waals surface area contributed by atoms with Crippen molar-refractivity contribution < 1.29 is 0 Å². The first kappa shape index (κ1) is 11.1. The topological polar surface area (TPSA) is 27.3 Å². The molecule has 2 fully saturated rings. The van der Waals surface area contributed by atoms with Gasteiger partial charge in [-0.25, -0.2) is 0 Å². The van der Waals surface area contributed by atoms with E-state index in [0.717, 1.165) is 5.11 Å². The van der Waals surface area contributed by atoms with Crippen molar-refractivity contribution in [3.63, 3.8) is 0 Å². The van der Waals surface area contributed by atoms with Gasteiger partial charge in [0.2, 0.25) is 0 Å². The summed E-state index contributed by atoms with van der Waals surface area (Å²) >= 11 is 5.28. The summed E-state index contributed by atoms with van der Waals surface area (Å²) in [6.07, 6.45) is 4.97. The molecule has 2 aliphatic rings. The zero-order chi connectivity index (χ0) is 10.8. The van der Waals surface area contributed by atoms with E-state index in [0.29, 0.717) is 18.1 Å². The number of hydrogen-bond donors (Lipinski definition) is 2. The Bertz CT molecular complexity index is 240. The molecule has 0 amide bonds. The molecule has 15 heavy (non-hydrogen) atoms. The van der Waals surface area contributed by atoms with Gasteiger partial charge in [-0.15, -0.1) is 0 Å². The second-order valence-corrected chi connectivity index (χ2v) is 5.35. The van der Waals surface area contributed by atoms with Crippen molar-refractivity contribution in [2.45, 2.75) is 50.7 Å². The second-order valence-electron chi connectivity index (χ2n) is 4.94. The Hall–Kier alpha value is -0.350. The summed E-state index contributed by atoms with van der Waals surface area (Å²) in [6.45, 7) is 3.45. The molecule has 2 atom stereocenters. The smallest absolute Gasteiger partial charge is 0.166 e. The summed E-state index contributed by atoms with van der Waals surface area (Å²) in [5, 5.41) is 7.63. The van der Waals surface area contributed by atoms with Crippen LogP contribution in [0, 0.1) is 0 Å². The van der Waals surface area contributed by atoms with Gasteiger partial charge in [-0.3, -0.25) is 0 Å². The molecule has 1 heterocycles. The summed E-state index contributed by atoms with van der Waals surface area (Å²) in [5.41, 5.74) is 0. The maximum Gasteiger partial charge on any atom is 0.166 e. The van der Waals surface area contributed by atoms with E-state index in [-0.39, 0.29) is 0 Å². The Morgan fingerprint density at radius 3 is 2.47 bits per heavy atom. The maximum absolute atomic E-state index is 5.28. The van der Waals surface area contributed by atoms with E-state index in [2.05, 4.69) is 29.5 Å². The predicted molar refractivity (Wildman–Crippen MR) is 67.0 cm³/mol. The van der Waals surface area contributed by atoms with Crippen molar-refractivity contribution in [1.82, 2.24) is 15.5 Å². The summed E-state index contributed by atoms with van der Waals surface area (Å²) in [7, 11) is 2.20. The number of piperidine rings is 1. The van der Waals surface area contributed by atoms with Gasteiger partial charge >= 0.3 is 0 Å². The molecule has 2 N–H and O–H groups in total. The van der Waals surface area contributed by atoms with E-state index in [9.17, 15) is 0 Å². The molecular formula is C11H21N3S. The van der Waals surface area contributed by atoms with Crippen molar-refractivity contribution in [3.05, 3.63) is 0 Å². The van der Waals surface area contributed by atoms with Gasteiger partial charge in [0.15, 0.2) is 5.11 Å². The average molecular weight is 227 g/mol. The van der Waals surface area contributed by atoms with Gasteiger partial charge in [0.1, 0.15) is 0 Å². The lowest BCUT2D eigenvalue weighted by atomic mass is 9.99. The Labute approximate surface area is 97.6 Å². The molecule has 0 spiro atoms. The van der Waals surface area contributed by atoms with Crippen molar-refractivity contribution in [2.24, 2.45) is 0 Å². The van der Waals surface area contributed by atoms with Gasteiger partial charge in [-0.1, -0.05) is 0 Å². The molecule has 4 heteroatoms. The highest BCUT2D eigenvalue weighted by molar-refractivity contribution is 7.80. The van der Waals surface area contributed by atoms with E-state index in [1.54, 1.807) is 0 Å². The molecule has 1 saturated carbocycles. The van der Waals surface area contributed by atoms with Crippen LogP contribution in [0.2, 0.25) is 0 Å². The molecule has 1 aliphatic heterocycles. The fourth-order valence-corrected chi connectivity index (χ4v) is 2.39. The first-order valence-corrected chi connectivity index (χ1v) is 6.33. The predicted octanol–water partition coefficient (Wildman–Crippen LogP) is 1.10. The van der Waals surface area contributed by atoms with Crippen LogP contribution < -0.4 is 10.6 Å². The van der Waals surface area contributed by atoms with Gasteiger partial charge in [0.25, 0.3) is 0 Å². The summed E-state index contributed by atoms with van der Waals surface area (Å²) in [6, 6.07) is 1.89. The number of likely N-dealkylation sites (tertiary alicyclic amines) is 1. The maximum atomic E-state index is 5.28. The van der Waals surface area contributed by atoms with Crippen LogP contribution >= 0.6 is 12.2 Å². The van der Waals surface area contributed by atoms with Gasteiger partial charge in [-0.05, 0) is 51.9 Å². The highest BCUT2D eigenvalue weighted by Gasteiger charge is 2.25. The third-order valence-corrected chi connectivity index (χ3v) is 3.69. The van der Waals surface area contributed by atoms with Crippen LogP contribution in [0.1, 0.15) is 32.6 Å². The summed E-state index contributed by atoms with van der Waals surface area (Å²) < 4.78 is 0. The lowest BCUT2D eigenvalue weighted by Crippen LogP contribution is -2.50. The number of nitrogens with zero attached hydrogens (tertiary/aromatic N) is 1. The van der Waals surface area contributed by atoms with Crippen LogP contribution in [-0.2, 0) is 0 Å². The largest absolute Gasteiger partial charge is 0.360 e. The fourth-order valence-electron chi connectivity index (χ4n) is 2.06. The molecule has 2 unspecified atom stereocenters. The zero-order valence-electron chi connectivity index (χ0n) is 9.62. The molecular weight excluding hydrogens is 206 g/mol. The van der Waals surface area contributed by atoms with E-state index < -0.39 is 0 Å². The first-order valence-electron chi connectivity index (χ1n) is 5.92. The third-order valence-electron chi connectivity index (χ3n) is 3.46. The van der Waals surface area contributed by atoms with E-state index in [1.165, 1.54) is 32.2 Å². The minimum atomic E-state index is 0.565. The number of rotatable bonds is 2. The molecule has 1 aliphatic carbocycles. The number of thiocarbonyl (C=S) groups is 1. The minimum absolute atomic E-state index is 0.565. The van der Waals surface area contributed by atoms with Crippen molar-refractivity contribution >= 4 is 17.3 Å². The molecule has 3 nitrogen and oxygen atoms in total. The highest BCUT2D eigenvalue weighted by Crippen LogP contribution is 2.19. The molecule has 0 aromatic carbocycles. The van der Waals surface area contributed by atoms with Crippen molar-refractivity contribution in [3.8, 4) is 0 Å². The quantitative estimate of drug-likeness (QED) is 0.691. The number of nitrogens with one attached hydrogen (secondary N) is 2. The Morgan fingerprint density at radius 1 is 1.20 bits per heavy atom. The van der Waals surface area contributed by atoms with Gasteiger partial charge in [-0.2, -0.15) is 0 Å². The highest BCUT2D eigenvalue weighted by atomic mass is 32.1. The normalized spacial score (nSPS) is 32.4. The molecule has 1 saturated heterocycles. The lowest BCUT2D eigenvalue weighted by molar-refractivity contribution is 0.177. The van der Waals surface area contributed by atoms with Crippen LogP contribution in [0.3, 0.4) is 0 Å². The van der Waals surface area contributed by atoms with Crippen LogP contribution in [0.25, 0.3) is 0 Å². The van der Waals surface area contributed by atoms with Crippen molar-refractivity contribution in [2.75, 3.05) is 13.6 Å². The Balaban J connectivity index is 1.71. The SMILES string of the molecule is CC1CC(NC(=S)NC2CC2)CCN1C. The summed E-state index contributed by atoms with van der Waals surface area (Å²) in [4.78, 5) is 2.41. The molecule has 2 rings (SSSR count). The molecule has 0 aromatic rings.